The van der Waals surface area contributed by atoms with E-state index in [0.29, 0.717) is 66.7 Å². The van der Waals surface area contributed by atoms with E-state index in [1.165, 1.54) is 11.3 Å². The fourth-order valence-electron chi connectivity index (χ4n) is 2.78. The van der Waals surface area contributed by atoms with Gasteiger partial charge in [0.05, 0.1) is 23.8 Å². The zero-order valence-corrected chi connectivity index (χ0v) is 12.9. The fourth-order valence-corrected chi connectivity index (χ4v) is 5.46. The number of ether oxygens (including phenoxy) is 1. The van der Waals surface area contributed by atoms with Crippen molar-refractivity contribution in [2.45, 2.75) is 24.2 Å². The Labute approximate surface area is 126 Å². The van der Waals surface area contributed by atoms with Crippen molar-refractivity contribution in [3.05, 3.63) is 10.4 Å². The van der Waals surface area contributed by atoms with Gasteiger partial charge in [0.25, 0.3) is 10.1 Å². The molecule has 3 rings (SSSR count). The molecule has 1 saturated heterocycles. The highest BCUT2D eigenvalue weighted by Gasteiger charge is 2.33. The van der Waals surface area contributed by atoms with Crippen LogP contribution < -0.4 is 4.90 Å². The summed E-state index contributed by atoms with van der Waals surface area (Å²) in [6.45, 7) is 2.20. The van der Waals surface area contributed by atoms with E-state index < -0.39 is 10.1 Å². The summed E-state index contributed by atoms with van der Waals surface area (Å²) < 4.78 is 38.6. The van der Waals surface area contributed by atoms with E-state index in [-0.39, 0.29) is 4.90 Å². The first-order chi connectivity index (χ1) is 10.0. The smallest absolute Gasteiger partial charge is 0.297 e. The molecule has 0 unspecified atom stereocenters. The van der Waals surface area contributed by atoms with Crippen molar-refractivity contribution in [2.24, 2.45) is 5.16 Å². The van der Waals surface area contributed by atoms with Crippen LogP contribution in [0.25, 0.3) is 0 Å². The highest BCUT2D eigenvalue weighted by atomic mass is 32.2. The molecule has 2 aliphatic rings. The number of fused-ring (bicyclic) bond motifs is 1. The quantitative estimate of drug-likeness (QED) is 0.482. The standard InChI is InChI=1S/C12H16N2O5S2/c15-13-9-3-1-2-8-10(9)20-12(11(8)21(16,17)18)14-4-6-19-7-5-14/h15H,1-7H2,(H,16,17,18)/b13-9-. The van der Waals surface area contributed by atoms with Crippen LogP contribution in [0, 0.1) is 0 Å². The van der Waals surface area contributed by atoms with Crippen molar-refractivity contribution in [1.82, 2.24) is 0 Å². The molecule has 116 valence electrons. The molecule has 21 heavy (non-hydrogen) atoms. The zero-order chi connectivity index (χ0) is 15.0. The second kappa shape index (κ2) is 5.56. The number of thiophene rings is 1. The third kappa shape index (κ3) is 2.66. The summed E-state index contributed by atoms with van der Waals surface area (Å²) in [6, 6.07) is 0. The third-order valence-electron chi connectivity index (χ3n) is 3.72. The number of anilines is 1. The van der Waals surface area contributed by atoms with Gasteiger partial charge in [0.15, 0.2) is 0 Å². The SMILES string of the molecule is O=S(=O)(O)c1c(N2CCOCC2)sc2c1CCC/C2=N/O. The molecule has 0 bridgehead atoms. The summed E-state index contributed by atoms with van der Waals surface area (Å²) in [5, 5.41) is 12.9. The number of morpholine rings is 1. The molecule has 1 aromatic rings. The first kappa shape index (κ1) is 14.8. The third-order valence-corrected chi connectivity index (χ3v) is 6.15. The van der Waals surface area contributed by atoms with Crippen LogP contribution in [-0.4, -0.2) is 50.2 Å². The summed E-state index contributed by atoms with van der Waals surface area (Å²) in [5.74, 6) is 0. The Morgan fingerprint density at radius 2 is 1.95 bits per heavy atom. The van der Waals surface area contributed by atoms with Crippen LogP contribution in [-0.2, 0) is 21.3 Å². The molecule has 0 radical (unpaired) electrons. The van der Waals surface area contributed by atoms with Gasteiger partial charge in [-0.3, -0.25) is 4.55 Å². The molecule has 2 heterocycles. The molecule has 1 aliphatic heterocycles. The second-order valence-corrected chi connectivity index (χ2v) is 7.38. The van der Waals surface area contributed by atoms with Crippen LogP contribution in [0.3, 0.4) is 0 Å². The minimum atomic E-state index is -4.32. The molecule has 7 nitrogen and oxygen atoms in total. The Hall–Kier alpha value is -1.16. The van der Waals surface area contributed by atoms with E-state index in [1.54, 1.807) is 0 Å². The first-order valence-corrected chi connectivity index (χ1v) is 8.95. The molecule has 1 aromatic heterocycles. The van der Waals surface area contributed by atoms with Crippen LogP contribution >= 0.6 is 11.3 Å². The van der Waals surface area contributed by atoms with E-state index in [0.717, 1.165) is 0 Å². The number of rotatable bonds is 2. The van der Waals surface area contributed by atoms with Crippen molar-refractivity contribution in [2.75, 3.05) is 31.2 Å². The van der Waals surface area contributed by atoms with Gasteiger partial charge >= 0.3 is 0 Å². The number of oxime groups is 1. The van der Waals surface area contributed by atoms with Crippen LogP contribution in [0.5, 0.6) is 0 Å². The summed E-state index contributed by atoms with van der Waals surface area (Å²) in [5.41, 5.74) is 1.06. The first-order valence-electron chi connectivity index (χ1n) is 6.69. The maximum absolute atomic E-state index is 11.8. The van der Waals surface area contributed by atoms with E-state index >= 15 is 0 Å². The predicted octanol–water partition coefficient (Wildman–Crippen LogP) is 1.35. The van der Waals surface area contributed by atoms with Crippen LogP contribution in [0.2, 0.25) is 0 Å². The summed E-state index contributed by atoms with van der Waals surface area (Å²) in [6.07, 6.45) is 1.87. The van der Waals surface area contributed by atoms with Crippen molar-refractivity contribution >= 4 is 32.2 Å². The Kier molecular flexibility index (Phi) is 3.91. The zero-order valence-electron chi connectivity index (χ0n) is 11.3. The monoisotopic (exact) mass is 332 g/mol. The summed E-state index contributed by atoms with van der Waals surface area (Å²) in [4.78, 5) is 2.55. The van der Waals surface area contributed by atoms with Crippen molar-refractivity contribution in [3.8, 4) is 0 Å². The lowest BCUT2D eigenvalue weighted by molar-refractivity contribution is 0.123. The van der Waals surface area contributed by atoms with Gasteiger partial charge < -0.3 is 14.8 Å². The molecule has 1 fully saturated rings. The molecule has 9 heteroatoms. The van der Waals surface area contributed by atoms with E-state index in [2.05, 4.69) is 5.16 Å². The maximum atomic E-state index is 11.8. The molecule has 0 amide bonds. The number of hydrogen-bond donors (Lipinski definition) is 2. The topological polar surface area (TPSA) is 99.4 Å². The Bertz CT molecular complexity index is 674. The lowest BCUT2D eigenvalue weighted by atomic mass is 9.97. The molecule has 0 aromatic carbocycles. The Morgan fingerprint density at radius 3 is 2.57 bits per heavy atom. The van der Waals surface area contributed by atoms with Gasteiger partial charge in [-0.15, -0.1) is 11.3 Å². The van der Waals surface area contributed by atoms with Crippen molar-refractivity contribution < 1.29 is 22.9 Å². The van der Waals surface area contributed by atoms with Crippen LogP contribution in [0.15, 0.2) is 10.1 Å². The van der Waals surface area contributed by atoms with Crippen molar-refractivity contribution in [1.29, 1.82) is 0 Å². The van der Waals surface area contributed by atoms with Gasteiger partial charge in [-0.25, -0.2) is 0 Å². The van der Waals surface area contributed by atoms with Gasteiger partial charge in [-0.05, 0) is 24.8 Å². The highest BCUT2D eigenvalue weighted by Crippen LogP contribution is 2.43. The summed E-state index contributed by atoms with van der Waals surface area (Å²) >= 11 is 1.27. The predicted molar refractivity (Wildman–Crippen MR) is 78.4 cm³/mol. The number of nitrogens with zero attached hydrogens (tertiary/aromatic N) is 2. The van der Waals surface area contributed by atoms with Gasteiger partial charge in [0.2, 0.25) is 0 Å². The second-order valence-electron chi connectivity index (χ2n) is 5.02. The highest BCUT2D eigenvalue weighted by molar-refractivity contribution is 7.86. The average Bonchev–Trinajstić information content (AvgIpc) is 2.87. The molecule has 1 aliphatic carbocycles. The normalized spacial score (nSPS) is 21.6. The Morgan fingerprint density at radius 1 is 1.24 bits per heavy atom. The molecular formula is C12H16N2O5S2. The lowest BCUT2D eigenvalue weighted by Crippen LogP contribution is -2.36. The van der Waals surface area contributed by atoms with E-state index in [9.17, 15) is 13.0 Å². The van der Waals surface area contributed by atoms with E-state index in [1.807, 2.05) is 4.90 Å². The lowest BCUT2D eigenvalue weighted by Gasteiger charge is -2.28. The summed E-state index contributed by atoms with van der Waals surface area (Å²) in [7, 11) is -4.32. The molecular weight excluding hydrogens is 316 g/mol. The van der Waals surface area contributed by atoms with Gasteiger partial charge in [0, 0.05) is 13.1 Å². The van der Waals surface area contributed by atoms with Crippen molar-refractivity contribution in [3.63, 3.8) is 0 Å². The fraction of sp³-hybridized carbons (Fsp3) is 0.583. The minimum absolute atomic E-state index is 0.0229. The molecule has 0 atom stereocenters. The van der Waals surface area contributed by atoms with Gasteiger partial charge in [-0.2, -0.15) is 8.42 Å². The Balaban J connectivity index is 2.17. The van der Waals surface area contributed by atoms with Crippen LogP contribution in [0.4, 0.5) is 5.00 Å². The van der Waals surface area contributed by atoms with Gasteiger partial charge in [-0.1, -0.05) is 5.16 Å². The largest absolute Gasteiger partial charge is 0.411 e. The maximum Gasteiger partial charge on any atom is 0.297 e. The minimum Gasteiger partial charge on any atom is -0.411 e. The van der Waals surface area contributed by atoms with Gasteiger partial charge in [0.1, 0.15) is 9.90 Å². The molecule has 0 spiro atoms. The average molecular weight is 332 g/mol. The number of hydrogen-bond acceptors (Lipinski definition) is 7. The molecule has 2 N–H and O–H groups in total. The van der Waals surface area contributed by atoms with E-state index in [4.69, 9.17) is 9.94 Å². The van der Waals surface area contributed by atoms with Crippen LogP contribution in [0.1, 0.15) is 23.3 Å². The molecule has 0 saturated carbocycles.